The molecule has 0 aliphatic heterocycles. The third-order valence-electron chi connectivity index (χ3n) is 4.92. The molecule has 0 saturated heterocycles. The Labute approximate surface area is 184 Å². The molecule has 0 aliphatic carbocycles. The van der Waals surface area contributed by atoms with E-state index in [1.165, 1.54) is 12.1 Å². The maximum absolute atomic E-state index is 12.9. The number of nitrogens with zero attached hydrogens (tertiary/aromatic N) is 1. The number of sulfonamides is 1. The van der Waals surface area contributed by atoms with Crippen LogP contribution in [0.4, 0.5) is 0 Å². The predicted molar refractivity (Wildman–Crippen MR) is 121 cm³/mol. The van der Waals surface area contributed by atoms with Gasteiger partial charge in [0.2, 0.25) is 15.9 Å². The van der Waals surface area contributed by atoms with Gasteiger partial charge in [-0.3, -0.25) is 4.79 Å². The molecule has 8 heteroatoms. The number of carbonyl (C=O) groups excluding carboxylic acids is 1. The van der Waals surface area contributed by atoms with Gasteiger partial charge in [0.1, 0.15) is 6.04 Å². The third kappa shape index (κ3) is 6.28. The Morgan fingerprint density at radius 1 is 1.07 bits per heavy atom. The largest absolute Gasteiger partial charge is 0.353 e. The van der Waals surface area contributed by atoms with Crippen LogP contribution in [0.2, 0.25) is 5.02 Å². The highest BCUT2D eigenvalue weighted by Crippen LogP contribution is 2.25. The molecule has 2 aromatic rings. The van der Waals surface area contributed by atoms with Gasteiger partial charge in [-0.1, -0.05) is 61.3 Å². The second-order valence-electron chi connectivity index (χ2n) is 7.90. The minimum absolute atomic E-state index is 0.133. The lowest BCUT2D eigenvalue weighted by molar-refractivity contribution is -0.123. The molecule has 6 nitrogen and oxygen atoms in total. The first kappa shape index (κ1) is 24.3. The van der Waals surface area contributed by atoms with Gasteiger partial charge in [-0.25, -0.2) is 8.42 Å². The third-order valence-corrected chi connectivity index (χ3v) is 6.72. The molecule has 164 valence electrons. The second-order valence-corrected chi connectivity index (χ2v) is 10.0. The van der Waals surface area contributed by atoms with Crippen molar-refractivity contribution in [1.29, 1.82) is 0 Å². The van der Waals surface area contributed by atoms with Crippen LogP contribution in [0, 0.1) is 12.8 Å². The first-order chi connectivity index (χ1) is 14.0. The van der Waals surface area contributed by atoms with E-state index in [-0.39, 0.29) is 22.8 Å². The fraction of sp³-hybridized carbons (Fsp3) is 0.409. The lowest BCUT2D eigenvalue weighted by atomic mass is 10.0. The van der Waals surface area contributed by atoms with Crippen molar-refractivity contribution < 1.29 is 13.2 Å². The molecule has 2 rings (SSSR count). The summed E-state index contributed by atoms with van der Waals surface area (Å²) in [5, 5.41) is 3.50. The van der Waals surface area contributed by atoms with Crippen LogP contribution in [0.1, 0.15) is 31.0 Å². The second kappa shape index (κ2) is 10.4. The number of nitrogens with one attached hydrogen (secondary N) is 2. The number of aryl methyl sites for hydroxylation is 1. The van der Waals surface area contributed by atoms with E-state index in [0.717, 1.165) is 11.1 Å². The summed E-state index contributed by atoms with van der Waals surface area (Å²) in [6.07, 6.45) is 0. The van der Waals surface area contributed by atoms with Crippen LogP contribution < -0.4 is 10.0 Å². The lowest BCUT2D eigenvalue weighted by Crippen LogP contribution is -2.50. The summed E-state index contributed by atoms with van der Waals surface area (Å²) in [5.74, 6) is -0.608. The minimum atomic E-state index is -3.82. The molecular weight excluding hydrogens is 422 g/mol. The van der Waals surface area contributed by atoms with Gasteiger partial charge in [0, 0.05) is 11.6 Å². The van der Waals surface area contributed by atoms with Crippen LogP contribution >= 0.6 is 11.6 Å². The van der Waals surface area contributed by atoms with Gasteiger partial charge in [-0.2, -0.15) is 4.72 Å². The summed E-state index contributed by atoms with van der Waals surface area (Å²) in [7, 11) is -0.0165. The standard InChI is InChI=1S/C22H30ClN3O3S/c1-15(2)21(25-30(28,29)17-12-10-16(3)11-13-17)22(27)24-14-20(26(4)5)18-8-6-7-9-19(18)23/h6-13,15,20-21,25H,14H2,1-5H3,(H,24,27)/t20-,21+/m1/s1. The first-order valence-electron chi connectivity index (χ1n) is 9.80. The number of benzene rings is 2. The van der Waals surface area contributed by atoms with Crippen LogP contribution in [0.25, 0.3) is 0 Å². The number of likely N-dealkylation sites (N-methyl/N-ethyl adjacent to an activating group) is 1. The van der Waals surface area contributed by atoms with Crippen molar-refractivity contribution in [1.82, 2.24) is 14.9 Å². The monoisotopic (exact) mass is 451 g/mol. The van der Waals surface area contributed by atoms with Crippen LogP contribution in [0.5, 0.6) is 0 Å². The molecular formula is C22H30ClN3O3S. The van der Waals surface area contributed by atoms with E-state index in [4.69, 9.17) is 11.6 Å². The van der Waals surface area contributed by atoms with Crippen LogP contribution in [-0.2, 0) is 14.8 Å². The summed E-state index contributed by atoms with van der Waals surface area (Å²) in [6, 6.07) is 12.9. The summed E-state index contributed by atoms with van der Waals surface area (Å²) < 4.78 is 28.1. The van der Waals surface area contributed by atoms with Crippen LogP contribution in [0.3, 0.4) is 0 Å². The van der Waals surface area contributed by atoms with E-state index in [2.05, 4.69) is 10.0 Å². The molecule has 30 heavy (non-hydrogen) atoms. The summed E-state index contributed by atoms with van der Waals surface area (Å²) in [5.41, 5.74) is 1.85. The highest BCUT2D eigenvalue weighted by atomic mass is 35.5. The van der Waals surface area contributed by atoms with Crippen molar-refractivity contribution in [3.8, 4) is 0 Å². The zero-order valence-corrected chi connectivity index (χ0v) is 19.6. The zero-order valence-electron chi connectivity index (χ0n) is 18.0. The first-order valence-corrected chi connectivity index (χ1v) is 11.7. The highest BCUT2D eigenvalue weighted by molar-refractivity contribution is 7.89. The Balaban J connectivity index is 2.15. The van der Waals surface area contributed by atoms with Crippen molar-refractivity contribution >= 4 is 27.5 Å². The van der Waals surface area contributed by atoms with Gasteiger partial charge in [0.15, 0.2) is 0 Å². The molecule has 0 heterocycles. The quantitative estimate of drug-likeness (QED) is 0.612. The maximum Gasteiger partial charge on any atom is 0.241 e. The lowest BCUT2D eigenvalue weighted by Gasteiger charge is -2.28. The minimum Gasteiger partial charge on any atom is -0.353 e. The molecule has 0 spiro atoms. The van der Waals surface area contributed by atoms with Crippen molar-refractivity contribution in [2.24, 2.45) is 5.92 Å². The van der Waals surface area contributed by atoms with Crippen molar-refractivity contribution in [2.45, 2.75) is 37.8 Å². The van der Waals surface area contributed by atoms with Crippen LogP contribution in [-0.4, -0.2) is 45.9 Å². The summed E-state index contributed by atoms with van der Waals surface area (Å²) in [6.45, 7) is 5.79. The van der Waals surface area contributed by atoms with E-state index in [0.29, 0.717) is 11.6 Å². The molecule has 0 aromatic heterocycles. The van der Waals surface area contributed by atoms with Gasteiger partial charge in [-0.05, 0) is 50.7 Å². The van der Waals surface area contributed by atoms with E-state index in [1.54, 1.807) is 26.0 Å². The molecule has 2 atom stereocenters. The number of hydrogen-bond acceptors (Lipinski definition) is 4. The summed E-state index contributed by atoms with van der Waals surface area (Å²) >= 11 is 6.33. The molecule has 0 unspecified atom stereocenters. The fourth-order valence-corrected chi connectivity index (χ4v) is 4.67. The van der Waals surface area contributed by atoms with E-state index < -0.39 is 16.1 Å². The molecule has 2 aromatic carbocycles. The molecule has 1 amide bonds. The normalized spacial score (nSPS) is 14.0. The molecule has 0 saturated carbocycles. The average molecular weight is 452 g/mol. The fourth-order valence-electron chi connectivity index (χ4n) is 3.07. The van der Waals surface area contributed by atoms with Gasteiger partial charge in [0.25, 0.3) is 0 Å². The van der Waals surface area contributed by atoms with E-state index >= 15 is 0 Å². The molecule has 0 aliphatic rings. The Morgan fingerprint density at radius 2 is 1.67 bits per heavy atom. The zero-order chi connectivity index (χ0) is 22.5. The predicted octanol–water partition coefficient (Wildman–Crippen LogP) is 3.37. The Kier molecular flexibility index (Phi) is 8.43. The number of halogens is 1. The Hall–Kier alpha value is -1.93. The summed E-state index contributed by atoms with van der Waals surface area (Å²) in [4.78, 5) is 15.0. The Morgan fingerprint density at radius 3 is 2.20 bits per heavy atom. The van der Waals surface area contributed by atoms with Gasteiger partial charge >= 0.3 is 0 Å². The van der Waals surface area contributed by atoms with Gasteiger partial charge < -0.3 is 10.2 Å². The van der Waals surface area contributed by atoms with Gasteiger partial charge in [-0.15, -0.1) is 0 Å². The molecule has 0 bridgehead atoms. The SMILES string of the molecule is Cc1ccc(S(=O)(=O)N[C@H](C(=O)NC[C@H](c2ccccc2Cl)N(C)C)C(C)C)cc1. The smallest absolute Gasteiger partial charge is 0.241 e. The number of hydrogen-bond donors (Lipinski definition) is 2. The van der Waals surface area contributed by atoms with E-state index in [1.807, 2.05) is 50.2 Å². The molecule has 0 radical (unpaired) electrons. The number of carbonyl (C=O) groups is 1. The van der Waals surface area contributed by atoms with Crippen LogP contribution in [0.15, 0.2) is 53.4 Å². The van der Waals surface area contributed by atoms with Crippen molar-refractivity contribution in [2.75, 3.05) is 20.6 Å². The highest BCUT2D eigenvalue weighted by Gasteiger charge is 2.29. The Bertz CT molecular complexity index is 960. The number of amides is 1. The molecule has 0 fully saturated rings. The van der Waals surface area contributed by atoms with Gasteiger partial charge in [0.05, 0.1) is 10.9 Å². The average Bonchev–Trinajstić information content (AvgIpc) is 2.67. The topological polar surface area (TPSA) is 78.5 Å². The number of rotatable bonds is 9. The van der Waals surface area contributed by atoms with E-state index in [9.17, 15) is 13.2 Å². The van der Waals surface area contributed by atoms with Crippen molar-refractivity contribution in [3.05, 3.63) is 64.7 Å². The van der Waals surface area contributed by atoms with Crippen molar-refractivity contribution in [3.63, 3.8) is 0 Å². The maximum atomic E-state index is 12.9. The molecule has 2 N–H and O–H groups in total.